The maximum atomic E-state index is 12.3. The minimum Gasteiger partial charge on any atom is -0.496 e. The van der Waals surface area contributed by atoms with E-state index in [9.17, 15) is 4.79 Å². The molecular formula is C18H16ClN3O3. The molecule has 2 aromatic carbocycles. The Morgan fingerprint density at radius 2 is 1.92 bits per heavy atom. The van der Waals surface area contributed by atoms with Gasteiger partial charge in [-0.25, -0.2) is 0 Å². The maximum absolute atomic E-state index is 12.3. The van der Waals surface area contributed by atoms with Gasteiger partial charge < -0.3 is 14.6 Å². The van der Waals surface area contributed by atoms with Crippen LogP contribution in [0, 0.1) is 0 Å². The number of halogens is 1. The number of aromatic nitrogens is 2. The fourth-order valence-corrected chi connectivity index (χ4v) is 2.42. The number of para-hydroxylation sites is 1. The van der Waals surface area contributed by atoms with Crippen LogP contribution in [-0.2, 0) is 0 Å². The molecule has 3 rings (SSSR count). The molecule has 7 heteroatoms. The highest BCUT2D eigenvalue weighted by Crippen LogP contribution is 2.28. The van der Waals surface area contributed by atoms with Crippen LogP contribution in [0.2, 0.25) is 5.02 Å². The first kappa shape index (κ1) is 17.0. The lowest BCUT2D eigenvalue weighted by atomic mass is 10.2. The van der Waals surface area contributed by atoms with Gasteiger partial charge in [0, 0.05) is 10.6 Å². The second kappa shape index (κ2) is 7.36. The number of rotatable bonds is 5. The molecule has 1 atom stereocenters. The molecule has 6 nitrogen and oxygen atoms in total. The zero-order valence-electron chi connectivity index (χ0n) is 13.7. The van der Waals surface area contributed by atoms with Crippen LogP contribution in [0.5, 0.6) is 5.75 Å². The topological polar surface area (TPSA) is 77.3 Å². The van der Waals surface area contributed by atoms with Crippen molar-refractivity contribution in [1.29, 1.82) is 0 Å². The summed E-state index contributed by atoms with van der Waals surface area (Å²) in [6.45, 7) is 1.77. The molecule has 0 fully saturated rings. The van der Waals surface area contributed by atoms with E-state index >= 15 is 0 Å². The molecule has 0 bridgehead atoms. The molecule has 3 aromatic rings. The van der Waals surface area contributed by atoms with Crippen molar-refractivity contribution in [2.75, 3.05) is 7.11 Å². The van der Waals surface area contributed by atoms with Crippen molar-refractivity contribution in [1.82, 2.24) is 15.5 Å². The SMILES string of the molecule is COc1ccccc1-c1noc(C(C)NC(=O)c2ccc(Cl)cc2)n1. The number of methoxy groups -OCH3 is 1. The third kappa shape index (κ3) is 3.80. The van der Waals surface area contributed by atoms with Crippen molar-refractivity contribution >= 4 is 17.5 Å². The zero-order valence-corrected chi connectivity index (χ0v) is 14.4. The molecule has 0 aliphatic heterocycles. The van der Waals surface area contributed by atoms with Crippen molar-refractivity contribution in [2.45, 2.75) is 13.0 Å². The lowest BCUT2D eigenvalue weighted by Crippen LogP contribution is -2.26. The second-order valence-corrected chi connectivity index (χ2v) is 5.79. The van der Waals surface area contributed by atoms with Crippen LogP contribution >= 0.6 is 11.6 Å². The number of benzene rings is 2. The molecule has 0 aliphatic rings. The minimum atomic E-state index is -0.445. The van der Waals surface area contributed by atoms with Crippen LogP contribution in [0.4, 0.5) is 0 Å². The van der Waals surface area contributed by atoms with Gasteiger partial charge in [-0.15, -0.1) is 0 Å². The molecule has 0 saturated heterocycles. The first-order valence-electron chi connectivity index (χ1n) is 7.62. The van der Waals surface area contributed by atoms with Gasteiger partial charge in [-0.1, -0.05) is 28.9 Å². The Morgan fingerprint density at radius 3 is 2.64 bits per heavy atom. The first-order valence-corrected chi connectivity index (χ1v) is 7.99. The van der Waals surface area contributed by atoms with Crippen LogP contribution in [0.25, 0.3) is 11.4 Å². The van der Waals surface area contributed by atoms with Crippen LogP contribution in [0.3, 0.4) is 0 Å². The third-order valence-corrected chi connectivity index (χ3v) is 3.87. The Morgan fingerprint density at radius 1 is 1.20 bits per heavy atom. The van der Waals surface area contributed by atoms with Crippen LogP contribution in [-0.4, -0.2) is 23.2 Å². The highest BCUT2D eigenvalue weighted by Gasteiger charge is 2.19. The molecule has 0 aliphatic carbocycles. The van der Waals surface area contributed by atoms with E-state index in [4.69, 9.17) is 20.9 Å². The number of ether oxygens (including phenoxy) is 1. The smallest absolute Gasteiger partial charge is 0.251 e. The summed E-state index contributed by atoms with van der Waals surface area (Å²) in [7, 11) is 1.58. The van der Waals surface area contributed by atoms with Crippen LogP contribution in [0.1, 0.15) is 29.2 Å². The summed E-state index contributed by atoms with van der Waals surface area (Å²) < 4.78 is 10.6. The van der Waals surface area contributed by atoms with E-state index in [-0.39, 0.29) is 5.91 Å². The summed E-state index contributed by atoms with van der Waals surface area (Å²) in [6.07, 6.45) is 0. The Kier molecular flexibility index (Phi) is 5.00. The van der Waals surface area contributed by atoms with Gasteiger partial charge in [-0.2, -0.15) is 4.98 Å². The van der Waals surface area contributed by atoms with Gasteiger partial charge in [0.25, 0.3) is 5.91 Å². The van der Waals surface area contributed by atoms with Gasteiger partial charge in [-0.05, 0) is 43.3 Å². The van der Waals surface area contributed by atoms with Gasteiger partial charge in [-0.3, -0.25) is 4.79 Å². The van der Waals surface area contributed by atoms with E-state index in [0.717, 1.165) is 5.56 Å². The number of nitrogens with zero attached hydrogens (tertiary/aromatic N) is 2. The number of nitrogens with one attached hydrogen (secondary N) is 1. The fraction of sp³-hybridized carbons (Fsp3) is 0.167. The van der Waals surface area contributed by atoms with Gasteiger partial charge in [0.2, 0.25) is 11.7 Å². The lowest BCUT2D eigenvalue weighted by molar-refractivity contribution is 0.0932. The number of amides is 1. The predicted molar refractivity (Wildman–Crippen MR) is 93.6 cm³/mol. The molecule has 25 heavy (non-hydrogen) atoms. The van der Waals surface area contributed by atoms with Gasteiger partial charge >= 0.3 is 0 Å². The summed E-state index contributed by atoms with van der Waals surface area (Å²) in [5.41, 5.74) is 1.22. The molecule has 0 spiro atoms. The van der Waals surface area contributed by atoms with E-state index in [2.05, 4.69) is 15.5 Å². The second-order valence-electron chi connectivity index (χ2n) is 5.36. The van der Waals surface area contributed by atoms with Gasteiger partial charge in [0.1, 0.15) is 11.8 Å². The molecule has 0 saturated carbocycles. The summed E-state index contributed by atoms with van der Waals surface area (Å²) >= 11 is 5.83. The summed E-state index contributed by atoms with van der Waals surface area (Å²) in [6, 6.07) is 13.6. The van der Waals surface area contributed by atoms with Crippen LogP contribution in [0.15, 0.2) is 53.1 Å². The van der Waals surface area contributed by atoms with E-state index in [0.29, 0.717) is 28.1 Å². The summed E-state index contributed by atoms with van der Waals surface area (Å²) in [5.74, 6) is 1.11. The standard InChI is InChI=1S/C18H16ClN3O3/c1-11(20-17(23)12-7-9-13(19)10-8-12)18-21-16(22-25-18)14-5-3-4-6-15(14)24-2/h3-11H,1-2H3,(H,20,23). The number of carbonyl (C=O) groups is 1. The van der Waals surface area contributed by atoms with Crippen molar-refractivity contribution < 1.29 is 14.1 Å². The van der Waals surface area contributed by atoms with Crippen molar-refractivity contribution in [2.24, 2.45) is 0 Å². The van der Waals surface area contributed by atoms with Crippen molar-refractivity contribution in [3.63, 3.8) is 0 Å². The maximum Gasteiger partial charge on any atom is 0.251 e. The molecular weight excluding hydrogens is 342 g/mol. The Balaban J connectivity index is 1.75. The van der Waals surface area contributed by atoms with E-state index in [1.807, 2.05) is 24.3 Å². The Bertz CT molecular complexity index is 877. The Hall–Kier alpha value is -2.86. The Labute approximate surface area is 149 Å². The van der Waals surface area contributed by atoms with Crippen molar-refractivity contribution in [3.8, 4) is 17.1 Å². The molecule has 0 radical (unpaired) electrons. The molecule has 1 amide bonds. The predicted octanol–water partition coefficient (Wildman–Crippen LogP) is 3.89. The number of hydrogen-bond acceptors (Lipinski definition) is 5. The average molecular weight is 358 g/mol. The highest BCUT2D eigenvalue weighted by molar-refractivity contribution is 6.30. The molecule has 1 heterocycles. The quantitative estimate of drug-likeness (QED) is 0.749. The summed E-state index contributed by atoms with van der Waals surface area (Å²) in [4.78, 5) is 16.6. The van der Waals surface area contributed by atoms with E-state index < -0.39 is 6.04 Å². The summed E-state index contributed by atoms with van der Waals surface area (Å²) in [5, 5.41) is 7.36. The average Bonchev–Trinajstić information content (AvgIpc) is 3.12. The lowest BCUT2D eigenvalue weighted by Gasteiger charge is -2.09. The number of hydrogen-bond donors (Lipinski definition) is 1. The van der Waals surface area contributed by atoms with E-state index in [1.165, 1.54) is 0 Å². The monoisotopic (exact) mass is 357 g/mol. The molecule has 128 valence electrons. The van der Waals surface area contributed by atoms with Gasteiger partial charge in [0.15, 0.2) is 0 Å². The molecule has 1 unspecified atom stereocenters. The minimum absolute atomic E-state index is 0.249. The van der Waals surface area contributed by atoms with Gasteiger partial charge in [0.05, 0.1) is 12.7 Å². The van der Waals surface area contributed by atoms with E-state index in [1.54, 1.807) is 38.3 Å². The number of carbonyl (C=O) groups excluding carboxylic acids is 1. The highest BCUT2D eigenvalue weighted by atomic mass is 35.5. The van der Waals surface area contributed by atoms with Crippen molar-refractivity contribution in [3.05, 3.63) is 65.0 Å². The third-order valence-electron chi connectivity index (χ3n) is 3.61. The van der Waals surface area contributed by atoms with Crippen LogP contribution < -0.4 is 10.1 Å². The normalized spacial score (nSPS) is 11.8. The largest absolute Gasteiger partial charge is 0.496 e. The zero-order chi connectivity index (χ0) is 17.8. The first-order chi connectivity index (χ1) is 12.1. The molecule has 1 N–H and O–H groups in total. The molecule has 1 aromatic heterocycles. The fourth-order valence-electron chi connectivity index (χ4n) is 2.29.